The van der Waals surface area contributed by atoms with E-state index in [1.165, 1.54) is 19.3 Å². The first kappa shape index (κ1) is 25.1. The molecule has 0 saturated carbocycles. The van der Waals surface area contributed by atoms with Crippen LogP contribution in [0, 0.1) is 0 Å². The third-order valence-electron chi connectivity index (χ3n) is 3.44. The second-order valence-corrected chi connectivity index (χ2v) is 5.54. The number of aliphatic hydroxyl groups is 1. The number of aliphatic carboxylic acids is 1. The quantitative estimate of drug-likeness (QED) is 0.160. The summed E-state index contributed by atoms with van der Waals surface area (Å²) in [5.41, 5.74) is 0. The molecule has 0 atom stereocenters. The molecule has 0 aromatic carbocycles. The predicted molar refractivity (Wildman–Crippen MR) is 86.1 cm³/mol. The van der Waals surface area contributed by atoms with E-state index in [1.807, 2.05) is 0 Å². The van der Waals surface area contributed by atoms with E-state index in [4.69, 9.17) is 10.2 Å². The van der Waals surface area contributed by atoms with Crippen molar-refractivity contribution < 1.29 is 49.7 Å². The number of carboxylic acid groups (broad SMARTS) is 1. The van der Waals surface area contributed by atoms with Gasteiger partial charge < -0.3 is 20.3 Å². The maximum atomic E-state index is 11.6. The molecule has 130 valence electrons. The van der Waals surface area contributed by atoms with Crippen LogP contribution in [0.2, 0.25) is 0 Å². The van der Waals surface area contributed by atoms with E-state index in [1.54, 1.807) is 4.90 Å². The molecule has 0 rings (SSSR count). The molecule has 0 amide bonds. The van der Waals surface area contributed by atoms with Gasteiger partial charge in [-0.3, -0.25) is 9.69 Å². The molecule has 0 heterocycles. The molecule has 0 bridgehead atoms. The molecule has 6 nitrogen and oxygen atoms in total. The van der Waals surface area contributed by atoms with Crippen LogP contribution in [0.25, 0.3) is 0 Å². The predicted octanol–water partition coefficient (Wildman–Crippen LogP) is -1.73. The van der Waals surface area contributed by atoms with Gasteiger partial charge in [0.05, 0.1) is 13.1 Å². The summed E-state index contributed by atoms with van der Waals surface area (Å²) in [5, 5.41) is 29.2. The minimum Gasteiger partial charge on any atom is -0.862 e. The molecule has 7 heteroatoms. The molecule has 0 aliphatic rings. The third kappa shape index (κ3) is 18.0. The fourth-order valence-electron chi connectivity index (χ4n) is 2.18. The number of aliphatic hydroxyl groups excluding tert-OH is 1. The van der Waals surface area contributed by atoms with E-state index in [2.05, 4.69) is 11.9 Å². The van der Waals surface area contributed by atoms with Gasteiger partial charge in [0.1, 0.15) is 0 Å². The van der Waals surface area contributed by atoms with Crippen molar-refractivity contribution >= 4 is 11.9 Å². The topological polar surface area (TPSA) is 96.2 Å². The van der Waals surface area contributed by atoms with Crippen molar-refractivity contribution in [2.45, 2.75) is 58.3 Å². The smallest absolute Gasteiger partial charge is 0.862 e. The molecule has 0 unspecified atom stereocenters. The number of rotatable bonds is 15. The first-order valence-electron chi connectivity index (χ1n) is 8.35. The van der Waals surface area contributed by atoms with E-state index >= 15 is 0 Å². The van der Waals surface area contributed by atoms with Crippen LogP contribution in [-0.2, 0) is 4.79 Å². The second kappa shape index (κ2) is 18.2. The Morgan fingerprint density at radius 1 is 1.09 bits per heavy atom. The fraction of sp³-hybridized carbons (Fsp3) is 0.875. The Balaban J connectivity index is 0. The molecule has 0 saturated heterocycles. The van der Waals surface area contributed by atoms with Gasteiger partial charge in [-0.1, -0.05) is 32.6 Å². The largest absolute Gasteiger partial charge is 1.00 e. The van der Waals surface area contributed by atoms with Crippen molar-refractivity contribution in [1.82, 2.24) is 4.90 Å². The fourth-order valence-corrected chi connectivity index (χ4v) is 2.18. The van der Waals surface area contributed by atoms with Crippen LogP contribution in [0.4, 0.5) is 0 Å². The Bertz CT molecular complexity index is 314. The zero-order chi connectivity index (χ0) is 16.6. The van der Waals surface area contributed by atoms with Crippen LogP contribution in [0.5, 0.6) is 0 Å². The maximum Gasteiger partial charge on any atom is 1.00 e. The second-order valence-electron chi connectivity index (χ2n) is 5.54. The molecule has 0 aromatic rings. The van der Waals surface area contributed by atoms with E-state index in [-0.39, 0.29) is 48.6 Å². The molecule has 0 spiro atoms. The average Bonchev–Trinajstić information content (AvgIpc) is 2.46. The summed E-state index contributed by atoms with van der Waals surface area (Å²) in [5.74, 6) is -0.964. The van der Waals surface area contributed by atoms with E-state index in [0.717, 1.165) is 19.3 Å². The number of unbranched alkanes of at least 4 members (excludes halogenated alkanes) is 5. The summed E-state index contributed by atoms with van der Waals surface area (Å²) < 4.78 is 0. The van der Waals surface area contributed by atoms with Gasteiger partial charge in [0, 0.05) is 13.2 Å². The minimum absolute atomic E-state index is 0. The molecule has 0 aliphatic carbocycles. The average molecular weight is 338 g/mol. The van der Waals surface area contributed by atoms with Crippen LogP contribution in [0.1, 0.15) is 58.3 Å². The van der Waals surface area contributed by atoms with E-state index < -0.39 is 5.97 Å². The molecule has 0 aromatic heterocycles. The molecule has 0 fully saturated rings. The first-order chi connectivity index (χ1) is 10.6. The number of carbonyl (C=O) groups is 1. The van der Waals surface area contributed by atoms with Crippen molar-refractivity contribution in [2.75, 3.05) is 32.8 Å². The van der Waals surface area contributed by atoms with Crippen LogP contribution in [0.3, 0.4) is 0 Å². The number of hydrogen-bond donors (Lipinski definition) is 2. The Morgan fingerprint density at radius 3 is 2.39 bits per heavy atom. The zero-order valence-electron chi connectivity index (χ0n) is 14.8. The van der Waals surface area contributed by atoms with Gasteiger partial charge >= 0.3 is 35.5 Å². The summed E-state index contributed by atoms with van der Waals surface area (Å²) in [6.07, 6.45) is 7.42. The van der Waals surface area contributed by atoms with Gasteiger partial charge in [0.25, 0.3) is 0 Å². The standard InChI is InChI=1S/C16H32N2O4.Na/c1-2-3-4-5-6-9-15(20)17-10-12-18(14-16(21)22)11-7-8-13-19;/h19H,2-14H2,1H3,(H,17,20)(H,21,22);/q;+1/p-1. The molecule has 0 aliphatic heterocycles. The van der Waals surface area contributed by atoms with Gasteiger partial charge in [0.2, 0.25) is 0 Å². The van der Waals surface area contributed by atoms with Crippen LogP contribution < -0.4 is 34.7 Å². The summed E-state index contributed by atoms with van der Waals surface area (Å²) in [4.78, 5) is 16.5. The van der Waals surface area contributed by atoms with Gasteiger partial charge in [0.15, 0.2) is 0 Å². The minimum atomic E-state index is -0.883. The van der Waals surface area contributed by atoms with Gasteiger partial charge in [-0.15, -0.1) is 0 Å². The van der Waals surface area contributed by atoms with Crippen molar-refractivity contribution in [2.24, 2.45) is 4.99 Å². The van der Waals surface area contributed by atoms with Crippen LogP contribution in [0.15, 0.2) is 4.99 Å². The van der Waals surface area contributed by atoms with Gasteiger partial charge in [-0.05, 0) is 38.1 Å². The number of hydrogen-bond acceptors (Lipinski definition) is 5. The third-order valence-corrected chi connectivity index (χ3v) is 3.44. The van der Waals surface area contributed by atoms with Crippen molar-refractivity contribution in [3.8, 4) is 0 Å². The Hall–Kier alpha value is -0.140. The molecular weight excluding hydrogens is 307 g/mol. The summed E-state index contributed by atoms with van der Waals surface area (Å²) in [7, 11) is 0. The number of carboxylic acids is 1. The number of aliphatic imine (C=N–C) groups is 1. The zero-order valence-corrected chi connectivity index (χ0v) is 16.8. The summed E-state index contributed by atoms with van der Waals surface area (Å²) >= 11 is 0. The Labute approximate surface area is 162 Å². The molecular formula is C16H31N2NaO4. The van der Waals surface area contributed by atoms with E-state index in [0.29, 0.717) is 32.5 Å². The summed E-state index contributed by atoms with van der Waals surface area (Å²) in [6.45, 7) is 3.64. The van der Waals surface area contributed by atoms with E-state index in [9.17, 15) is 9.90 Å². The number of nitrogens with zero attached hydrogens (tertiary/aromatic N) is 2. The SMILES string of the molecule is CCCCCCCC([O-])=NCCN(CCCCO)CC(=O)O.[Na+]. The molecule has 23 heavy (non-hydrogen) atoms. The normalized spacial score (nSPS) is 11.5. The maximum absolute atomic E-state index is 11.6. The van der Waals surface area contributed by atoms with Crippen molar-refractivity contribution in [1.29, 1.82) is 0 Å². The van der Waals surface area contributed by atoms with Crippen molar-refractivity contribution in [3.05, 3.63) is 0 Å². The summed E-state index contributed by atoms with van der Waals surface area (Å²) in [6, 6.07) is 0. The van der Waals surface area contributed by atoms with Crippen LogP contribution >= 0.6 is 0 Å². The van der Waals surface area contributed by atoms with Crippen LogP contribution in [-0.4, -0.2) is 59.8 Å². The van der Waals surface area contributed by atoms with Gasteiger partial charge in [-0.2, -0.15) is 0 Å². The van der Waals surface area contributed by atoms with Crippen molar-refractivity contribution in [3.63, 3.8) is 0 Å². The Kier molecular flexibility index (Phi) is 19.9. The molecule has 2 N–H and O–H groups in total. The monoisotopic (exact) mass is 338 g/mol. The van der Waals surface area contributed by atoms with Gasteiger partial charge in [-0.25, -0.2) is 0 Å². The molecule has 0 radical (unpaired) electrons. The first-order valence-corrected chi connectivity index (χ1v) is 8.35. The Morgan fingerprint density at radius 2 is 1.78 bits per heavy atom.